The van der Waals surface area contributed by atoms with Crippen LogP contribution in [0.15, 0.2) is 18.2 Å². The maximum absolute atomic E-state index is 5.70. The minimum atomic E-state index is 0.650. The predicted molar refractivity (Wildman–Crippen MR) is 44.5 cm³/mol. The molecule has 0 amide bonds. The Kier molecular flexibility index (Phi) is 2.58. The van der Waals surface area contributed by atoms with E-state index in [0.717, 1.165) is 5.56 Å². The van der Waals surface area contributed by atoms with Gasteiger partial charge in [-0.1, -0.05) is 30.1 Å². The normalized spacial score (nSPS) is 9.90. The molecule has 0 heterocycles. The van der Waals surface area contributed by atoms with Crippen LogP contribution < -0.4 is 0 Å². The van der Waals surface area contributed by atoms with Gasteiger partial charge >= 0.3 is 0 Å². The Bertz CT molecular complexity index is 210. The molecule has 0 spiro atoms. The summed E-state index contributed by atoms with van der Waals surface area (Å²) in [6.45, 7) is 1.82. The summed E-state index contributed by atoms with van der Waals surface area (Å²) in [4.78, 5) is 0. The van der Waals surface area contributed by atoms with E-state index in [1.807, 2.05) is 19.1 Å². The largest absolute Gasteiger partial charge is 0.0843 e. The molecule has 0 bridgehead atoms. The topological polar surface area (TPSA) is 0 Å². The SMILES string of the molecule is C[C]c1cc(Cl)cc(Cl)c1. The lowest BCUT2D eigenvalue weighted by Gasteiger charge is -1.96. The second-order valence-electron chi connectivity index (χ2n) is 1.91. The maximum Gasteiger partial charge on any atom is 0.0423 e. The average Bonchev–Trinajstić information content (AvgIpc) is 1.85. The van der Waals surface area contributed by atoms with Gasteiger partial charge in [-0.15, -0.1) is 0 Å². The van der Waals surface area contributed by atoms with Crippen LogP contribution in [0.4, 0.5) is 0 Å². The third kappa shape index (κ3) is 1.89. The Hall–Kier alpha value is -0.200. The molecular weight excluding hydrogens is 167 g/mol. The van der Waals surface area contributed by atoms with E-state index < -0.39 is 0 Å². The van der Waals surface area contributed by atoms with Crippen LogP contribution in [0, 0.1) is 6.42 Å². The summed E-state index contributed by atoms with van der Waals surface area (Å²) in [6, 6.07) is 5.32. The van der Waals surface area contributed by atoms with Gasteiger partial charge in [0.25, 0.3) is 0 Å². The molecule has 0 fully saturated rings. The fraction of sp³-hybridized carbons (Fsp3) is 0.125. The van der Waals surface area contributed by atoms with Crippen molar-refractivity contribution in [2.24, 2.45) is 0 Å². The van der Waals surface area contributed by atoms with Crippen molar-refractivity contribution in [2.75, 3.05) is 0 Å². The Morgan fingerprint density at radius 3 is 2.00 bits per heavy atom. The molecule has 2 radical (unpaired) electrons. The summed E-state index contributed by atoms with van der Waals surface area (Å²) in [5, 5.41) is 1.30. The van der Waals surface area contributed by atoms with Crippen LogP contribution in [-0.2, 0) is 0 Å². The van der Waals surface area contributed by atoms with Crippen LogP contribution in [0.3, 0.4) is 0 Å². The van der Waals surface area contributed by atoms with Gasteiger partial charge in [-0.25, -0.2) is 0 Å². The van der Waals surface area contributed by atoms with Crippen molar-refractivity contribution in [3.8, 4) is 0 Å². The quantitative estimate of drug-likeness (QED) is 0.610. The molecule has 0 saturated heterocycles. The van der Waals surface area contributed by atoms with Crippen LogP contribution in [0.2, 0.25) is 10.0 Å². The maximum atomic E-state index is 5.70. The molecule has 0 aromatic heterocycles. The van der Waals surface area contributed by atoms with Crippen molar-refractivity contribution in [2.45, 2.75) is 6.92 Å². The van der Waals surface area contributed by atoms with Crippen molar-refractivity contribution in [3.63, 3.8) is 0 Å². The Labute approximate surface area is 70.8 Å². The van der Waals surface area contributed by atoms with E-state index >= 15 is 0 Å². The van der Waals surface area contributed by atoms with Crippen LogP contribution >= 0.6 is 23.2 Å². The highest BCUT2D eigenvalue weighted by molar-refractivity contribution is 6.34. The van der Waals surface area contributed by atoms with Crippen molar-refractivity contribution in [3.05, 3.63) is 40.2 Å². The van der Waals surface area contributed by atoms with Crippen molar-refractivity contribution >= 4 is 23.2 Å². The van der Waals surface area contributed by atoms with Gasteiger partial charge in [-0.2, -0.15) is 0 Å². The van der Waals surface area contributed by atoms with Gasteiger partial charge in [0.2, 0.25) is 0 Å². The summed E-state index contributed by atoms with van der Waals surface area (Å²) in [5.41, 5.74) is 0.928. The second kappa shape index (κ2) is 3.27. The molecular formula is C8H6Cl2. The van der Waals surface area contributed by atoms with Gasteiger partial charge in [0.1, 0.15) is 0 Å². The number of hydrogen-bond acceptors (Lipinski definition) is 0. The van der Waals surface area contributed by atoms with E-state index in [-0.39, 0.29) is 0 Å². The second-order valence-corrected chi connectivity index (χ2v) is 2.78. The third-order valence-electron chi connectivity index (χ3n) is 1.15. The van der Waals surface area contributed by atoms with Gasteiger partial charge in [0.05, 0.1) is 0 Å². The van der Waals surface area contributed by atoms with Crippen molar-refractivity contribution in [1.29, 1.82) is 0 Å². The van der Waals surface area contributed by atoms with E-state index in [1.165, 1.54) is 0 Å². The van der Waals surface area contributed by atoms with Gasteiger partial charge < -0.3 is 0 Å². The standard InChI is InChI=1S/C8H6Cl2/c1-2-6-3-7(9)5-8(10)4-6/h3-5H,1H3. The zero-order chi connectivity index (χ0) is 7.56. The number of halogens is 2. The molecule has 0 aliphatic carbocycles. The zero-order valence-corrected chi connectivity index (χ0v) is 7.00. The summed E-state index contributed by atoms with van der Waals surface area (Å²) < 4.78 is 0. The van der Waals surface area contributed by atoms with Crippen LogP contribution in [-0.4, -0.2) is 0 Å². The Balaban J connectivity index is 3.06. The van der Waals surface area contributed by atoms with Gasteiger partial charge in [0.15, 0.2) is 0 Å². The highest BCUT2D eigenvalue weighted by atomic mass is 35.5. The highest BCUT2D eigenvalue weighted by Gasteiger charge is 1.94. The van der Waals surface area contributed by atoms with Gasteiger partial charge in [-0.05, 0) is 23.8 Å². The van der Waals surface area contributed by atoms with Crippen molar-refractivity contribution in [1.82, 2.24) is 0 Å². The minimum absolute atomic E-state index is 0.650. The monoisotopic (exact) mass is 172 g/mol. The van der Waals surface area contributed by atoms with Gasteiger partial charge in [0, 0.05) is 16.5 Å². The number of hydrogen-bond donors (Lipinski definition) is 0. The van der Waals surface area contributed by atoms with E-state index in [1.54, 1.807) is 6.07 Å². The highest BCUT2D eigenvalue weighted by Crippen LogP contribution is 2.19. The van der Waals surface area contributed by atoms with Crippen molar-refractivity contribution < 1.29 is 0 Å². The molecule has 0 N–H and O–H groups in total. The lowest BCUT2D eigenvalue weighted by molar-refractivity contribution is 1.42. The molecule has 10 heavy (non-hydrogen) atoms. The summed E-state index contributed by atoms with van der Waals surface area (Å²) in [5.74, 6) is 0. The fourth-order valence-corrected chi connectivity index (χ4v) is 1.22. The minimum Gasteiger partial charge on any atom is -0.0843 e. The summed E-state index contributed by atoms with van der Waals surface area (Å²) >= 11 is 11.4. The molecule has 2 heteroatoms. The van der Waals surface area contributed by atoms with E-state index in [0.29, 0.717) is 10.0 Å². The summed E-state index contributed by atoms with van der Waals surface area (Å²) in [6.07, 6.45) is 2.94. The fourth-order valence-electron chi connectivity index (χ4n) is 0.698. The lowest BCUT2D eigenvalue weighted by Crippen LogP contribution is -1.76. The molecule has 1 aromatic carbocycles. The molecule has 1 rings (SSSR count). The first-order valence-electron chi connectivity index (χ1n) is 2.86. The summed E-state index contributed by atoms with van der Waals surface area (Å²) in [7, 11) is 0. The first-order valence-corrected chi connectivity index (χ1v) is 3.62. The molecule has 1 aromatic rings. The molecule has 0 aliphatic rings. The first kappa shape index (κ1) is 7.90. The zero-order valence-electron chi connectivity index (χ0n) is 5.49. The average molecular weight is 173 g/mol. The molecule has 0 atom stereocenters. The van der Waals surface area contributed by atoms with Crippen LogP contribution in [0.5, 0.6) is 0 Å². The predicted octanol–water partition coefficient (Wildman–Crippen LogP) is 3.44. The Morgan fingerprint density at radius 2 is 1.60 bits per heavy atom. The first-order chi connectivity index (χ1) is 4.72. The lowest BCUT2D eigenvalue weighted by atomic mass is 10.2. The molecule has 52 valence electrons. The molecule has 0 saturated carbocycles. The van der Waals surface area contributed by atoms with Crippen LogP contribution in [0.1, 0.15) is 12.5 Å². The van der Waals surface area contributed by atoms with E-state index in [9.17, 15) is 0 Å². The van der Waals surface area contributed by atoms with E-state index in [2.05, 4.69) is 6.42 Å². The van der Waals surface area contributed by atoms with E-state index in [4.69, 9.17) is 23.2 Å². The van der Waals surface area contributed by atoms with Crippen LogP contribution in [0.25, 0.3) is 0 Å². The van der Waals surface area contributed by atoms with Gasteiger partial charge in [-0.3, -0.25) is 0 Å². The third-order valence-corrected chi connectivity index (χ3v) is 1.59. The number of benzene rings is 1. The molecule has 0 nitrogen and oxygen atoms in total. The molecule has 0 aliphatic heterocycles. The number of rotatable bonds is 1. The smallest absolute Gasteiger partial charge is 0.0423 e. The molecule has 0 unspecified atom stereocenters. The Morgan fingerprint density at radius 1 is 1.10 bits per heavy atom.